The predicted molar refractivity (Wildman–Crippen MR) is 64.4 cm³/mol. The summed E-state index contributed by atoms with van der Waals surface area (Å²) in [5, 5.41) is 20.0. The number of aromatic hydroxyl groups is 1. The number of carbonyl (C=O) groups is 2. The van der Waals surface area contributed by atoms with Gasteiger partial charge in [-0.05, 0) is 12.1 Å². The second-order valence-electron chi connectivity index (χ2n) is 4.24. The topological polar surface area (TPSA) is 127 Å². The van der Waals surface area contributed by atoms with Gasteiger partial charge in [0.1, 0.15) is 0 Å². The Bertz CT molecular complexity index is 571. The molecule has 1 aliphatic heterocycles. The van der Waals surface area contributed by atoms with Crippen LogP contribution < -0.4 is 10.6 Å². The van der Waals surface area contributed by atoms with Crippen LogP contribution in [0.2, 0.25) is 0 Å². The molecule has 8 heteroatoms. The van der Waals surface area contributed by atoms with Crippen LogP contribution in [0.15, 0.2) is 18.2 Å². The lowest BCUT2D eigenvalue weighted by atomic mass is 10.1. The van der Waals surface area contributed by atoms with Crippen LogP contribution in [0.4, 0.5) is 11.4 Å². The Kier molecular flexibility index (Phi) is 3.07. The van der Waals surface area contributed by atoms with Crippen molar-refractivity contribution in [3.63, 3.8) is 0 Å². The van der Waals surface area contributed by atoms with E-state index in [2.05, 4.69) is 0 Å². The van der Waals surface area contributed by atoms with Crippen molar-refractivity contribution in [3.8, 4) is 5.75 Å². The molecule has 2 rings (SSSR count). The van der Waals surface area contributed by atoms with Gasteiger partial charge in [0.05, 0.1) is 16.5 Å². The maximum atomic E-state index is 11.7. The summed E-state index contributed by atoms with van der Waals surface area (Å²) in [6.07, 6.45) is -0.00991. The number of nitro benzene ring substituents is 1. The number of benzene rings is 1. The van der Waals surface area contributed by atoms with Gasteiger partial charge >= 0.3 is 5.69 Å². The minimum atomic E-state index is -0.745. The normalized spacial score (nSPS) is 18.6. The van der Waals surface area contributed by atoms with Gasteiger partial charge in [-0.25, -0.2) is 0 Å². The lowest BCUT2D eigenvalue weighted by Crippen LogP contribution is -2.28. The first-order chi connectivity index (χ1) is 8.90. The summed E-state index contributed by atoms with van der Waals surface area (Å²) in [4.78, 5) is 34.0. The molecule has 1 aliphatic rings. The zero-order valence-electron chi connectivity index (χ0n) is 9.78. The molecular formula is C11H11N3O5. The van der Waals surface area contributed by atoms with Crippen LogP contribution in [0.3, 0.4) is 0 Å². The number of hydrogen-bond donors (Lipinski definition) is 2. The summed E-state index contributed by atoms with van der Waals surface area (Å²) in [5.74, 6) is -1.99. The van der Waals surface area contributed by atoms with E-state index in [1.54, 1.807) is 0 Å². The van der Waals surface area contributed by atoms with Gasteiger partial charge in [-0.2, -0.15) is 0 Å². The van der Waals surface area contributed by atoms with E-state index in [-0.39, 0.29) is 24.6 Å². The molecule has 1 heterocycles. The number of nitro groups is 1. The average molecular weight is 265 g/mol. The first-order valence-corrected chi connectivity index (χ1v) is 5.47. The van der Waals surface area contributed by atoms with Crippen molar-refractivity contribution in [2.45, 2.75) is 6.42 Å². The van der Waals surface area contributed by atoms with Gasteiger partial charge in [0.2, 0.25) is 11.8 Å². The van der Waals surface area contributed by atoms with Crippen LogP contribution in [-0.2, 0) is 9.59 Å². The number of nitrogens with two attached hydrogens (primary N) is 1. The fraction of sp³-hybridized carbons (Fsp3) is 0.273. The third-order valence-corrected chi connectivity index (χ3v) is 2.99. The lowest BCUT2D eigenvalue weighted by molar-refractivity contribution is -0.385. The fourth-order valence-electron chi connectivity index (χ4n) is 1.97. The molecule has 0 spiro atoms. The maximum absolute atomic E-state index is 11.7. The van der Waals surface area contributed by atoms with E-state index in [1.165, 1.54) is 11.0 Å². The molecule has 1 aromatic rings. The molecule has 1 fully saturated rings. The van der Waals surface area contributed by atoms with Crippen molar-refractivity contribution < 1.29 is 19.6 Å². The van der Waals surface area contributed by atoms with E-state index < -0.39 is 28.2 Å². The number of hydrogen-bond acceptors (Lipinski definition) is 5. The Hall–Kier alpha value is -2.64. The molecule has 8 nitrogen and oxygen atoms in total. The van der Waals surface area contributed by atoms with Crippen molar-refractivity contribution in [3.05, 3.63) is 28.3 Å². The van der Waals surface area contributed by atoms with Gasteiger partial charge in [-0.1, -0.05) is 0 Å². The molecular weight excluding hydrogens is 254 g/mol. The second kappa shape index (κ2) is 4.56. The highest BCUT2D eigenvalue weighted by molar-refractivity contribution is 6.00. The van der Waals surface area contributed by atoms with Crippen LogP contribution in [0, 0.1) is 16.0 Å². The van der Waals surface area contributed by atoms with Crippen LogP contribution in [0.1, 0.15) is 6.42 Å². The molecule has 1 aromatic carbocycles. The molecule has 0 aliphatic carbocycles. The van der Waals surface area contributed by atoms with Gasteiger partial charge in [0.25, 0.3) is 0 Å². The van der Waals surface area contributed by atoms with Crippen molar-refractivity contribution >= 4 is 23.2 Å². The number of nitrogens with zero attached hydrogens (tertiary/aromatic N) is 2. The number of primary amides is 1. The van der Waals surface area contributed by atoms with Crippen LogP contribution >= 0.6 is 0 Å². The monoisotopic (exact) mass is 265 g/mol. The highest BCUT2D eigenvalue weighted by atomic mass is 16.6. The van der Waals surface area contributed by atoms with Gasteiger partial charge in [-0.3, -0.25) is 19.7 Å². The Morgan fingerprint density at radius 3 is 2.74 bits per heavy atom. The van der Waals surface area contributed by atoms with Crippen LogP contribution in [0.25, 0.3) is 0 Å². The third kappa shape index (κ3) is 2.32. The van der Waals surface area contributed by atoms with Gasteiger partial charge in [0, 0.05) is 19.0 Å². The summed E-state index contributed by atoms with van der Waals surface area (Å²) in [6.45, 7) is 0.0933. The number of phenolic OH excluding ortho intramolecular Hbond substituents is 1. The Morgan fingerprint density at radius 1 is 1.53 bits per heavy atom. The standard InChI is InChI=1S/C11H11N3O5/c12-11(17)6-3-10(16)13(5-6)7-1-2-9(15)8(4-7)14(18)19/h1-2,4,6,15H,3,5H2,(H2,12,17). The fourth-order valence-corrected chi connectivity index (χ4v) is 1.97. The van der Waals surface area contributed by atoms with E-state index >= 15 is 0 Å². The summed E-state index contributed by atoms with van der Waals surface area (Å²) in [5.41, 5.74) is 4.91. The molecule has 3 N–H and O–H groups in total. The smallest absolute Gasteiger partial charge is 0.312 e. The molecule has 0 bridgehead atoms. The summed E-state index contributed by atoms with van der Waals surface area (Å²) < 4.78 is 0. The average Bonchev–Trinajstić information content (AvgIpc) is 2.72. The van der Waals surface area contributed by atoms with E-state index in [0.717, 1.165) is 12.1 Å². The summed E-state index contributed by atoms with van der Waals surface area (Å²) >= 11 is 0. The largest absolute Gasteiger partial charge is 0.502 e. The van der Waals surface area contributed by atoms with Crippen molar-refractivity contribution in [1.82, 2.24) is 0 Å². The predicted octanol–water partition coefficient (Wildman–Crippen LogP) is 0.139. The molecule has 0 radical (unpaired) electrons. The SMILES string of the molecule is NC(=O)C1CC(=O)N(c2ccc(O)c([N+](=O)[O-])c2)C1. The highest BCUT2D eigenvalue weighted by Gasteiger charge is 2.34. The Labute approximate surface area is 107 Å². The molecule has 0 aromatic heterocycles. The van der Waals surface area contributed by atoms with E-state index in [0.29, 0.717) is 0 Å². The first kappa shape index (κ1) is 12.8. The van der Waals surface area contributed by atoms with Crippen molar-refractivity contribution in [2.24, 2.45) is 11.7 Å². The number of rotatable bonds is 3. The van der Waals surface area contributed by atoms with E-state index in [4.69, 9.17) is 5.73 Å². The minimum Gasteiger partial charge on any atom is -0.502 e. The Balaban J connectivity index is 2.33. The first-order valence-electron chi connectivity index (χ1n) is 5.47. The number of anilines is 1. The zero-order valence-corrected chi connectivity index (χ0v) is 9.78. The van der Waals surface area contributed by atoms with Crippen molar-refractivity contribution in [2.75, 3.05) is 11.4 Å². The molecule has 1 unspecified atom stereocenters. The number of carbonyl (C=O) groups excluding carboxylic acids is 2. The third-order valence-electron chi connectivity index (χ3n) is 2.99. The quantitative estimate of drug-likeness (QED) is 0.593. The molecule has 1 saturated heterocycles. The number of amides is 2. The minimum absolute atomic E-state index is 0.00991. The molecule has 19 heavy (non-hydrogen) atoms. The van der Waals surface area contributed by atoms with E-state index in [1.807, 2.05) is 0 Å². The summed E-state index contributed by atoms with van der Waals surface area (Å²) in [7, 11) is 0. The van der Waals surface area contributed by atoms with Crippen LogP contribution in [0.5, 0.6) is 5.75 Å². The van der Waals surface area contributed by atoms with Crippen molar-refractivity contribution in [1.29, 1.82) is 0 Å². The lowest BCUT2D eigenvalue weighted by Gasteiger charge is -2.16. The zero-order chi connectivity index (χ0) is 14.2. The molecule has 1 atom stereocenters. The van der Waals surface area contributed by atoms with E-state index in [9.17, 15) is 24.8 Å². The highest BCUT2D eigenvalue weighted by Crippen LogP contribution is 2.33. The molecule has 0 saturated carbocycles. The van der Waals surface area contributed by atoms with Gasteiger partial charge < -0.3 is 15.7 Å². The number of phenols is 1. The maximum Gasteiger partial charge on any atom is 0.312 e. The molecule has 100 valence electrons. The molecule has 2 amide bonds. The van der Waals surface area contributed by atoms with Gasteiger partial charge in [-0.15, -0.1) is 0 Å². The van der Waals surface area contributed by atoms with Gasteiger partial charge in [0.15, 0.2) is 5.75 Å². The van der Waals surface area contributed by atoms with Crippen LogP contribution in [-0.4, -0.2) is 28.4 Å². The second-order valence-corrected chi connectivity index (χ2v) is 4.24. The summed E-state index contributed by atoms with van der Waals surface area (Å²) in [6, 6.07) is 3.61. The Morgan fingerprint density at radius 2 is 2.21 bits per heavy atom.